The second-order valence-corrected chi connectivity index (χ2v) is 11.5. The van der Waals surface area contributed by atoms with E-state index in [2.05, 4.69) is 16.0 Å². The van der Waals surface area contributed by atoms with Gasteiger partial charge in [0.05, 0.1) is 33.8 Å². The van der Waals surface area contributed by atoms with Crippen molar-refractivity contribution in [3.8, 4) is 16.9 Å². The molecular formula is C34H30Cl2N4O7. The zero-order chi connectivity index (χ0) is 33.3. The van der Waals surface area contributed by atoms with Crippen molar-refractivity contribution in [1.29, 1.82) is 0 Å². The molecule has 0 saturated carbocycles. The van der Waals surface area contributed by atoms with Crippen molar-refractivity contribution in [2.45, 2.75) is 19.1 Å². The third kappa shape index (κ3) is 8.64. The second-order valence-electron chi connectivity index (χ2n) is 10.7. The molecule has 2 amide bonds. The largest absolute Gasteiger partial charge is 0.493 e. The fourth-order valence-corrected chi connectivity index (χ4v) is 5.60. The molecule has 3 N–H and O–H groups in total. The lowest BCUT2D eigenvalue weighted by Crippen LogP contribution is -2.44. The summed E-state index contributed by atoms with van der Waals surface area (Å²) in [5.41, 5.74) is 2.90. The molecule has 0 radical (unpaired) electrons. The highest BCUT2D eigenvalue weighted by Gasteiger charge is 2.31. The molecule has 13 heteroatoms. The SMILES string of the molecule is O=C(CN[C@@H]1CCOc2ccc([N+](=O)[O-])cc21)NC[C@@H](C(=O)Nc1c(Cl)cc(-c2ccccc2)cc1Cl)C(=O)OCc1ccccc1. The van der Waals surface area contributed by atoms with Gasteiger partial charge < -0.3 is 25.4 Å². The molecule has 1 aliphatic rings. The van der Waals surface area contributed by atoms with Crippen molar-refractivity contribution in [1.82, 2.24) is 10.6 Å². The van der Waals surface area contributed by atoms with E-state index in [0.717, 1.165) is 11.1 Å². The quantitative estimate of drug-likeness (QED) is 0.0706. The van der Waals surface area contributed by atoms with Crippen LogP contribution >= 0.6 is 23.2 Å². The maximum Gasteiger partial charge on any atom is 0.320 e. The van der Waals surface area contributed by atoms with Crippen LogP contribution in [0.25, 0.3) is 11.1 Å². The van der Waals surface area contributed by atoms with Gasteiger partial charge in [0.1, 0.15) is 12.4 Å². The predicted molar refractivity (Wildman–Crippen MR) is 177 cm³/mol. The Morgan fingerprint density at radius 2 is 1.62 bits per heavy atom. The molecule has 0 aliphatic carbocycles. The Morgan fingerprint density at radius 1 is 0.936 bits per heavy atom. The highest BCUT2D eigenvalue weighted by atomic mass is 35.5. The van der Waals surface area contributed by atoms with Crippen molar-refractivity contribution in [3.05, 3.63) is 122 Å². The topological polar surface area (TPSA) is 149 Å². The number of nitrogens with zero attached hydrogens (tertiary/aromatic N) is 1. The van der Waals surface area contributed by atoms with Gasteiger partial charge >= 0.3 is 5.97 Å². The van der Waals surface area contributed by atoms with Gasteiger partial charge in [-0.1, -0.05) is 83.9 Å². The summed E-state index contributed by atoms with van der Waals surface area (Å²) in [5.74, 6) is -3.11. The van der Waals surface area contributed by atoms with Crippen LogP contribution in [0.3, 0.4) is 0 Å². The van der Waals surface area contributed by atoms with Gasteiger partial charge in [-0.2, -0.15) is 0 Å². The van der Waals surface area contributed by atoms with Gasteiger partial charge in [-0.15, -0.1) is 0 Å². The fraction of sp³-hybridized carbons (Fsp3) is 0.206. The van der Waals surface area contributed by atoms with E-state index in [4.69, 9.17) is 32.7 Å². The van der Waals surface area contributed by atoms with E-state index in [1.54, 1.807) is 36.4 Å². The van der Waals surface area contributed by atoms with Gasteiger partial charge in [-0.3, -0.25) is 24.5 Å². The summed E-state index contributed by atoms with van der Waals surface area (Å²) in [6.07, 6.45) is 0.475. The van der Waals surface area contributed by atoms with E-state index in [0.29, 0.717) is 29.9 Å². The van der Waals surface area contributed by atoms with Gasteiger partial charge in [0.2, 0.25) is 11.8 Å². The minimum absolute atomic E-state index is 0.0818. The lowest BCUT2D eigenvalue weighted by molar-refractivity contribution is -0.385. The van der Waals surface area contributed by atoms with Crippen LogP contribution < -0.4 is 20.7 Å². The Morgan fingerprint density at radius 3 is 2.30 bits per heavy atom. The van der Waals surface area contributed by atoms with Gasteiger partial charge in [-0.05, 0) is 34.9 Å². The minimum atomic E-state index is -1.45. The zero-order valence-corrected chi connectivity index (χ0v) is 26.4. The summed E-state index contributed by atoms with van der Waals surface area (Å²) in [7, 11) is 0. The van der Waals surface area contributed by atoms with E-state index in [-0.39, 0.29) is 47.2 Å². The molecule has 47 heavy (non-hydrogen) atoms. The number of hydrogen-bond acceptors (Lipinski definition) is 8. The molecule has 2 atom stereocenters. The molecule has 4 aromatic carbocycles. The van der Waals surface area contributed by atoms with Crippen LogP contribution in [0.5, 0.6) is 5.75 Å². The Kier molecular flexibility index (Phi) is 11.0. The Balaban J connectivity index is 1.26. The lowest BCUT2D eigenvalue weighted by atomic mass is 10.00. The van der Waals surface area contributed by atoms with E-state index in [1.165, 1.54) is 18.2 Å². The monoisotopic (exact) mass is 676 g/mol. The Bertz CT molecular complexity index is 1750. The molecule has 0 saturated heterocycles. The standard InChI is InChI=1S/C34H30Cl2N4O7/c35-27-15-23(22-9-5-2-6-10-22)16-28(36)32(27)39-33(42)26(34(43)47-20-21-7-3-1-4-8-21)18-38-31(41)19-37-29-13-14-46-30-12-11-24(40(44)45)17-25(29)30/h1-12,15-17,26,29,37H,13-14,18-20H2,(H,38,41)(H,39,42)/t26-,29+/m0/s1. The van der Waals surface area contributed by atoms with Gasteiger partial charge in [0.15, 0.2) is 5.92 Å². The molecule has 5 rings (SSSR count). The molecule has 0 fully saturated rings. The first-order valence-electron chi connectivity index (χ1n) is 14.7. The highest BCUT2D eigenvalue weighted by Crippen LogP contribution is 2.36. The summed E-state index contributed by atoms with van der Waals surface area (Å²) in [6, 6.07) is 25.6. The predicted octanol–water partition coefficient (Wildman–Crippen LogP) is 6.10. The van der Waals surface area contributed by atoms with Gasteiger partial charge in [0.25, 0.3) is 5.69 Å². The molecule has 0 bridgehead atoms. The van der Waals surface area contributed by atoms with Crippen LogP contribution in [0.4, 0.5) is 11.4 Å². The molecular weight excluding hydrogens is 647 g/mol. The number of halogens is 2. The van der Waals surface area contributed by atoms with Crippen molar-refractivity contribution in [2.24, 2.45) is 5.92 Å². The number of amides is 2. The number of carbonyl (C=O) groups is 3. The molecule has 11 nitrogen and oxygen atoms in total. The number of hydrogen-bond donors (Lipinski definition) is 3. The number of nitro groups is 1. The molecule has 242 valence electrons. The molecule has 0 aromatic heterocycles. The van der Waals surface area contributed by atoms with E-state index < -0.39 is 28.6 Å². The summed E-state index contributed by atoms with van der Waals surface area (Å²) in [5, 5.41) is 19.9. The average molecular weight is 678 g/mol. The van der Waals surface area contributed by atoms with Gasteiger partial charge in [-0.25, -0.2) is 0 Å². The molecule has 0 unspecified atom stereocenters. The minimum Gasteiger partial charge on any atom is -0.493 e. The third-order valence-corrected chi connectivity index (χ3v) is 8.07. The van der Waals surface area contributed by atoms with Crippen LogP contribution in [0.1, 0.15) is 23.6 Å². The number of ether oxygens (including phenoxy) is 2. The van der Waals surface area contributed by atoms with E-state index >= 15 is 0 Å². The number of nitro benzene ring substituents is 1. The second kappa shape index (κ2) is 15.5. The maximum absolute atomic E-state index is 13.5. The van der Waals surface area contributed by atoms with Crippen LogP contribution in [-0.4, -0.2) is 42.4 Å². The van der Waals surface area contributed by atoms with E-state index in [1.807, 2.05) is 36.4 Å². The Labute approximate surface area is 280 Å². The number of non-ortho nitro benzene ring substituents is 1. The molecule has 1 heterocycles. The number of rotatable bonds is 12. The molecule has 4 aromatic rings. The number of carbonyl (C=O) groups excluding carboxylic acids is 3. The number of benzene rings is 4. The summed E-state index contributed by atoms with van der Waals surface area (Å²) in [4.78, 5) is 50.4. The normalized spacial score (nSPS) is 14.2. The van der Waals surface area contributed by atoms with Crippen molar-refractivity contribution in [2.75, 3.05) is 25.0 Å². The summed E-state index contributed by atoms with van der Waals surface area (Å²) in [6.45, 7) is -0.301. The lowest BCUT2D eigenvalue weighted by Gasteiger charge is -2.26. The molecule has 1 aliphatic heterocycles. The highest BCUT2D eigenvalue weighted by molar-refractivity contribution is 6.40. The van der Waals surface area contributed by atoms with E-state index in [9.17, 15) is 24.5 Å². The third-order valence-electron chi connectivity index (χ3n) is 7.48. The Hall–Kier alpha value is -4.97. The first-order chi connectivity index (χ1) is 22.7. The van der Waals surface area contributed by atoms with Crippen LogP contribution in [0, 0.1) is 16.0 Å². The van der Waals surface area contributed by atoms with Crippen molar-refractivity contribution in [3.63, 3.8) is 0 Å². The summed E-state index contributed by atoms with van der Waals surface area (Å²) < 4.78 is 11.0. The fourth-order valence-electron chi connectivity index (χ4n) is 5.01. The van der Waals surface area contributed by atoms with Crippen LogP contribution in [0.15, 0.2) is 91.0 Å². The van der Waals surface area contributed by atoms with Crippen molar-refractivity contribution >= 4 is 52.4 Å². The number of nitrogens with one attached hydrogen (secondary N) is 3. The smallest absolute Gasteiger partial charge is 0.320 e. The number of fused-ring (bicyclic) bond motifs is 1. The number of anilines is 1. The number of esters is 1. The van der Waals surface area contributed by atoms with Crippen LogP contribution in [-0.2, 0) is 25.7 Å². The zero-order valence-electron chi connectivity index (χ0n) is 24.9. The van der Waals surface area contributed by atoms with Crippen LogP contribution in [0.2, 0.25) is 10.0 Å². The average Bonchev–Trinajstić information content (AvgIpc) is 3.08. The van der Waals surface area contributed by atoms with Gasteiger partial charge in [0, 0.05) is 36.7 Å². The first-order valence-corrected chi connectivity index (χ1v) is 15.4. The van der Waals surface area contributed by atoms with Crippen molar-refractivity contribution < 1.29 is 28.8 Å². The molecule has 0 spiro atoms. The summed E-state index contributed by atoms with van der Waals surface area (Å²) >= 11 is 13.0. The maximum atomic E-state index is 13.5. The first kappa shape index (κ1) is 33.4.